The molecule has 0 aliphatic carbocycles. The van der Waals surface area contributed by atoms with E-state index in [9.17, 15) is 4.79 Å². The zero-order valence-corrected chi connectivity index (χ0v) is 11.7. The number of thiophene rings is 1. The quantitative estimate of drug-likeness (QED) is 0.822. The van der Waals surface area contributed by atoms with Crippen molar-refractivity contribution < 1.29 is 14.6 Å². The Labute approximate surface area is 116 Å². The van der Waals surface area contributed by atoms with Crippen LogP contribution in [0.1, 0.15) is 35.0 Å². The number of rotatable bonds is 3. The molecule has 2 rings (SSSR count). The van der Waals surface area contributed by atoms with Crippen molar-refractivity contribution in [1.29, 1.82) is 0 Å². The average Bonchev–Trinajstić information content (AvgIpc) is 2.99. The van der Waals surface area contributed by atoms with Crippen molar-refractivity contribution in [1.82, 2.24) is 5.32 Å². The van der Waals surface area contributed by atoms with E-state index in [1.165, 1.54) is 11.3 Å². The molecular formula is C14H17NO3S. The molecule has 2 heterocycles. The Kier molecular flexibility index (Phi) is 4.59. The van der Waals surface area contributed by atoms with E-state index in [4.69, 9.17) is 9.84 Å². The predicted octanol–water partition coefficient (Wildman–Crippen LogP) is 1.39. The van der Waals surface area contributed by atoms with Crippen LogP contribution in [-0.2, 0) is 4.74 Å². The molecule has 1 aromatic rings. The molecule has 5 heteroatoms. The first kappa shape index (κ1) is 14.1. The lowest BCUT2D eigenvalue weighted by Gasteiger charge is -2.23. The highest BCUT2D eigenvalue weighted by Crippen LogP contribution is 2.21. The summed E-state index contributed by atoms with van der Waals surface area (Å²) in [7, 11) is 0. The lowest BCUT2D eigenvalue weighted by Crippen LogP contribution is -2.46. The Morgan fingerprint density at radius 1 is 1.68 bits per heavy atom. The summed E-state index contributed by atoms with van der Waals surface area (Å²) >= 11 is 1.38. The molecule has 1 unspecified atom stereocenters. The van der Waals surface area contributed by atoms with Crippen molar-refractivity contribution in [3.63, 3.8) is 0 Å². The Bertz CT molecular complexity index is 506. The molecule has 19 heavy (non-hydrogen) atoms. The van der Waals surface area contributed by atoms with Crippen molar-refractivity contribution in [3.8, 4) is 11.8 Å². The van der Waals surface area contributed by atoms with Crippen molar-refractivity contribution in [2.45, 2.75) is 25.3 Å². The van der Waals surface area contributed by atoms with Gasteiger partial charge in [-0.25, -0.2) is 0 Å². The van der Waals surface area contributed by atoms with Crippen LogP contribution in [0.4, 0.5) is 0 Å². The van der Waals surface area contributed by atoms with Gasteiger partial charge >= 0.3 is 0 Å². The van der Waals surface area contributed by atoms with Gasteiger partial charge in [0, 0.05) is 18.6 Å². The maximum absolute atomic E-state index is 12.2. The summed E-state index contributed by atoms with van der Waals surface area (Å²) in [6, 6.07) is 1.83. The molecule has 1 saturated heterocycles. The summed E-state index contributed by atoms with van der Waals surface area (Å²) in [5.74, 6) is 5.66. The fourth-order valence-electron chi connectivity index (χ4n) is 1.89. The Morgan fingerprint density at radius 3 is 3.21 bits per heavy atom. The molecule has 0 radical (unpaired) electrons. The second-order valence-electron chi connectivity index (χ2n) is 4.76. The minimum Gasteiger partial charge on any atom is -0.395 e. The third-order valence-electron chi connectivity index (χ3n) is 2.97. The Hall–Kier alpha value is -1.35. The van der Waals surface area contributed by atoms with Crippen LogP contribution in [0.25, 0.3) is 0 Å². The first-order chi connectivity index (χ1) is 9.14. The van der Waals surface area contributed by atoms with Crippen molar-refractivity contribution in [3.05, 3.63) is 21.9 Å². The summed E-state index contributed by atoms with van der Waals surface area (Å²) in [4.78, 5) is 12.9. The van der Waals surface area contributed by atoms with E-state index in [0.29, 0.717) is 24.5 Å². The molecule has 0 spiro atoms. The van der Waals surface area contributed by atoms with E-state index in [0.717, 1.165) is 12.0 Å². The smallest absolute Gasteiger partial charge is 0.263 e. The van der Waals surface area contributed by atoms with Gasteiger partial charge in [0.2, 0.25) is 0 Å². The largest absolute Gasteiger partial charge is 0.395 e. The summed E-state index contributed by atoms with van der Waals surface area (Å²) in [5.41, 5.74) is 0.440. The van der Waals surface area contributed by atoms with Gasteiger partial charge < -0.3 is 15.2 Å². The number of aliphatic hydroxyl groups excluding tert-OH is 1. The van der Waals surface area contributed by atoms with Crippen LogP contribution >= 0.6 is 11.3 Å². The van der Waals surface area contributed by atoms with Gasteiger partial charge in [-0.15, -0.1) is 11.3 Å². The number of aliphatic hydroxyl groups is 1. The fraction of sp³-hybridized carbons (Fsp3) is 0.500. The molecule has 102 valence electrons. The fourth-order valence-corrected chi connectivity index (χ4v) is 2.64. The minimum absolute atomic E-state index is 0.0358. The van der Waals surface area contributed by atoms with Gasteiger partial charge in [-0.2, -0.15) is 0 Å². The SMILES string of the molecule is CC1(NC(=O)c2sccc2C#CCCO)CCOC1. The minimum atomic E-state index is -0.281. The van der Waals surface area contributed by atoms with Gasteiger partial charge in [-0.05, 0) is 24.8 Å². The van der Waals surface area contributed by atoms with E-state index in [1.807, 2.05) is 18.4 Å². The standard InChI is InChI=1S/C14H17NO3S/c1-14(6-8-18-10-14)15-13(17)12-11(5-9-19-12)4-2-3-7-16/h5,9,16H,3,6-8,10H2,1H3,(H,15,17). The van der Waals surface area contributed by atoms with Crippen LogP contribution in [0.2, 0.25) is 0 Å². The second-order valence-corrected chi connectivity index (χ2v) is 5.67. The Morgan fingerprint density at radius 2 is 2.53 bits per heavy atom. The second kappa shape index (κ2) is 6.20. The molecule has 1 fully saturated rings. The number of nitrogens with one attached hydrogen (secondary N) is 1. The van der Waals surface area contributed by atoms with Gasteiger partial charge in [-0.3, -0.25) is 4.79 Å². The summed E-state index contributed by atoms with van der Waals surface area (Å²) < 4.78 is 5.32. The normalized spacial score (nSPS) is 21.8. The first-order valence-corrected chi connectivity index (χ1v) is 7.10. The van der Waals surface area contributed by atoms with Gasteiger partial charge in [-0.1, -0.05) is 11.8 Å². The molecule has 1 aliphatic heterocycles. The van der Waals surface area contributed by atoms with Gasteiger partial charge in [0.05, 0.1) is 18.8 Å². The third kappa shape index (κ3) is 3.57. The van der Waals surface area contributed by atoms with Crippen LogP contribution in [0, 0.1) is 11.8 Å². The maximum atomic E-state index is 12.2. The molecule has 0 aromatic carbocycles. The number of hydrogen-bond donors (Lipinski definition) is 2. The van der Waals surface area contributed by atoms with Crippen LogP contribution in [0.15, 0.2) is 11.4 Å². The molecule has 1 aromatic heterocycles. The van der Waals surface area contributed by atoms with Crippen molar-refractivity contribution in [2.24, 2.45) is 0 Å². The van der Waals surface area contributed by atoms with Gasteiger partial charge in [0.1, 0.15) is 4.88 Å². The van der Waals surface area contributed by atoms with E-state index < -0.39 is 0 Å². The van der Waals surface area contributed by atoms with Crippen LogP contribution in [-0.4, -0.2) is 36.4 Å². The number of carbonyl (C=O) groups excluding carboxylic acids is 1. The summed E-state index contributed by atoms with van der Waals surface area (Å²) in [5, 5.41) is 13.6. The average molecular weight is 279 g/mol. The van der Waals surface area contributed by atoms with E-state index >= 15 is 0 Å². The monoisotopic (exact) mass is 279 g/mol. The van der Waals surface area contributed by atoms with Crippen LogP contribution in [0.3, 0.4) is 0 Å². The molecule has 1 aliphatic rings. The summed E-state index contributed by atoms with van der Waals surface area (Å²) in [6.45, 7) is 3.26. The number of ether oxygens (including phenoxy) is 1. The summed E-state index contributed by atoms with van der Waals surface area (Å²) in [6.07, 6.45) is 1.25. The van der Waals surface area contributed by atoms with E-state index in [2.05, 4.69) is 17.2 Å². The molecular weight excluding hydrogens is 262 g/mol. The molecule has 4 nitrogen and oxygen atoms in total. The lowest BCUT2D eigenvalue weighted by atomic mass is 10.0. The topological polar surface area (TPSA) is 58.6 Å². The zero-order valence-electron chi connectivity index (χ0n) is 10.9. The molecule has 0 saturated carbocycles. The highest BCUT2D eigenvalue weighted by atomic mass is 32.1. The molecule has 1 atom stereocenters. The highest BCUT2D eigenvalue weighted by molar-refractivity contribution is 7.12. The lowest BCUT2D eigenvalue weighted by molar-refractivity contribution is 0.0894. The predicted molar refractivity (Wildman–Crippen MR) is 74.2 cm³/mol. The van der Waals surface area contributed by atoms with Crippen molar-refractivity contribution in [2.75, 3.05) is 19.8 Å². The zero-order chi connectivity index (χ0) is 13.7. The van der Waals surface area contributed by atoms with Crippen LogP contribution in [0.5, 0.6) is 0 Å². The molecule has 2 N–H and O–H groups in total. The van der Waals surface area contributed by atoms with E-state index in [-0.39, 0.29) is 18.1 Å². The molecule has 0 bridgehead atoms. The van der Waals surface area contributed by atoms with Crippen molar-refractivity contribution >= 4 is 17.2 Å². The number of amides is 1. The number of hydrogen-bond acceptors (Lipinski definition) is 4. The van der Waals surface area contributed by atoms with Gasteiger partial charge in [0.25, 0.3) is 5.91 Å². The molecule has 1 amide bonds. The maximum Gasteiger partial charge on any atom is 0.263 e. The van der Waals surface area contributed by atoms with Gasteiger partial charge in [0.15, 0.2) is 0 Å². The highest BCUT2D eigenvalue weighted by Gasteiger charge is 2.32. The Balaban J connectivity index is 2.08. The van der Waals surface area contributed by atoms with Crippen LogP contribution < -0.4 is 5.32 Å². The number of carbonyl (C=O) groups is 1. The van der Waals surface area contributed by atoms with E-state index in [1.54, 1.807) is 0 Å². The first-order valence-electron chi connectivity index (χ1n) is 6.22. The third-order valence-corrected chi connectivity index (χ3v) is 3.88.